The largest absolute Gasteiger partial charge is 0.461 e. The van der Waals surface area contributed by atoms with Gasteiger partial charge in [0, 0.05) is 36.6 Å². The molecular weight excluding hydrogens is 340 g/mol. The zero-order valence-electron chi connectivity index (χ0n) is 13.7. The average Bonchev–Trinajstić information content (AvgIpc) is 3.17. The van der Waals surface area contributed by atoms with Gasteiger partial charge >= 0.3 is 0 Å². The van der Waals surface area contributed by atoms with Gasteiger partial charge in [-0.15, -0.1) is 0 Å². The third-order valence-electron chi connectivity index (χ3n) is 4.22. The fraction of sp³-hybridized carbons (Fsp3) is 0.333. The molecule has 0 aliphatic carbocycles. The van der Waals surface area contributed by atoms with Crippen molar-refractivity contribution in [3.05, 3.63) is 41.6 Å². The second-order valence-electron chi connectivity index (χ2n) is 5.92. The van der Waals surface area contributed by atoms with E-state index in [2.05, 4.69) is 20.2 Å². The number of furan rings is 1. The van der Waals surface area contributed by atoms with E-state index in [9.17, 15) is 0 Å². The van der Waals surface area contributed by atoms with Crippen LogP contribution in [0, 0.1) is 0 Å². The van der Waals surface area contributed by atoms with Crippen LogP contribution < -0.4 is 5.32 Å². The molecule has 1 aliphatic heterocycles. The summed E-state index contributed by atoms with van der Waals surface area (Å²) in [5.74, 6) is 1.98. The molecule has 1 N–H and O–H groups in total. The standard InChI is InChI=1S/C18H19ClN4O2/c19-13-3-4-14-15(12-13)21-18(16-2-1-9-25-16)22-17(14)20-5-6-23-7-10-24-11-8-23/h1-4,9,12H,5-8,10-11H2,(H,20,21,22). The van der Waals surface area contributed by atoms with Crippen molar-refractivity contribution in [3.63, 3.8) is 0 Å². The molecule has 7 heteroatoms. The number of benzene rings is 1. The zero-order valence-corrected chi connectivity index (χ0v) is 14.5. The van der Waals surface area contributed by atoms with Crippen LogP contribution >= 0.6 is 11.6 Å². The minimum Gasteiger partial charge on any atom is -0.461 e. The molecule has 3 heterocycles. The minimum absolute atomic E-state index is 0.550. The van der Waals surface area contributed by atoms with E-state index in [0.29, 0.717) is 16.6 Å². The lowest BCUT2D eigenvalue weighted by Crippen LogP contribution is -2.39. The number of fused-ring (bicyclic) bond motifs is 1. The highest BCUT2D eigenvalue weighted by atomic mass is 35.5. The Kier molecular flexibility index (Phi) is 4.83. The van der Waals surface area contributed by atoms with Crippen LogP contribution in [0.2, 0.25) is 5.02 Å². The predicted molar refractivity (Wildman–Crippen MR) is 98.0 cm³/mol. The van der Waals surface area contributed by atoms with E-state index in [1.165, 1.54) is 0 Å². The van der Waals surface area contributed by atoms with Gasteiger partial charge in [0.15, 0.2) is 11.6 Å². The van der Waals surface area contributed by atoms with Gasteiger partial charge in [0.25, 0.3) is 0 Å². The van der Waals surface area contributed by atoms with Crippen LogP contribution in [-0.4, -0.2) is 54.3 Å². The number of ether oxygens (including phenoxy) is 1. The van der Waals surface area contributed by atoms with Crippen molar-refractivity contribution in [2.75, 3.05) is 44.7 Å². The number of halogens is 1. The molecule has 1 aliphatic rings. The Bertz CT molecular complexity index is 848. The van der Waals surface area contributed by atoms with Crippen molar-refractivity contribution in [1.82, 2.24) is 14.9 Å². The molecule has 25 heavy (non-hydrogen) atoms. The van der Waals surface area contributed by atoms with Crippen LogP contribution in [0.1, 0.15) is 0 Å². The molecule has 6 nitrogen and oxygen atoms in total. The quantitative estimate of drug-likeness (QED) is 0.755. The predicted octanol–water partition coefficient (Wildman–Crippen LogP) is 3.29. The maximum Gasteiger partial charge on any atom is 0.198 e. The first-order valence-corrected chi connectivity index (χ1v) is 8.72. The maximum atomic E-state index is 6.13. The molecule has 3 aromatic rings. The van der Waals surface area contributed by atoms with Gasteiger partial charge in [0.2, 0.25) is 0 Å². The van der Waals surface area contributed by atoms with Gasteiger partial charge in [0.05, 0.1) is 25.0 Å². The summed E-state index contributed by atoms with van der Waals surface area (Å²) in [6.45, 7) is 5.29. The average molecular weight is 359 g/mol. The molecule has 0 bridgehead atoms. The van der Waals surface area contributed by atoms with Crippen LogP contribution in [0.3, 0.4) is 0 Å². The second-order valence-corrected chi connectivity index (χ2v) is 6.35. The summed E-state index contributed by atoms with van der Waals surface area (Å²) in [4.78, 5) is 11.6. The normalized spacial score (nSPS) is 15.6. The van der Waals surface area contributed by atoms with Crippen molar-refractivity contribution in [2.45, 2.75) is 0 Å². The molecule has 0 atom stereocenters. The van der Waals surface area contributed by atoms with Crippen LogP contribution in [0.15, 0.2) is 41.0 Å². The summed E-state index contributed by atoms with van der Waals surface area (Å²) in [7, 11) is 0. The van der Waals surface area contributed by atoms with Crippen molar-refractivity contribution < 1.29 is 9.15 Å². The molecule has 0 amide bonds. The highest BCUT2D eigenvalue weighted by molar-refractivity contribution is 6.31. The summed E-state index contributed by atoms with van der Waals surface area (Å²) >= 11 is 6.13. The molecule has 0 saturated carbocycles. The first kappa shape index (κ1) is 16.3. The van der Waals surface area contributed by atoms with E-state index in [1.807, 2.05) is 30.3 Å². The lowest BCUT2D eigenvalue weighted by molar-refractivity contribution is 0.0398. The van der Waals surface area contributed by atoms with Gasteiger partial charge < -0.3 is 14.5 Å². The SMILES string of the molecule is Clc1ccc2c(NCCN3CCOCC3)nc(-c3ccco3)nc2c1. The lowest BCUT2D eigenvalue weighted by Gasteiger charge is -2.26. The van der Waals surface area contributed by atoms with Gasteiger partial charge in [-0.3, -0.25) is 4.90 Å². The smallest absolute Gasteiger partial charge is 0.198 e. The monoisotopic (exact) mass is 358 g/mol. The van der Waals surface area contributed by atoms with Gasteiger partial charge in [-0.1, -0.05) is 11.6 Å². The van der Waals surface area contributed by atoms with Gasteiger partial charge in [-0.25, -0.2) is 9.97 Å². The fourth-order valence-corrected chi connectivity index (χ4v) is 3.08. The molecule has 1 aromatic carbocycles. The number of hydrogen-bond acceptors (Lipinski definition) is 6. The molecule has 0 radical (unpaired) electrons. The van der Waals surface area contributed by atoms with Crippen molar-refractivity contribution in [1.29, 1.82) is 0 Å². The Balaban J connectivity index is 1.59. The van der Waals surface area contributed by atoms with Crippen LogP contribution in [0.25, 0.3) is 22.5 Å². The number of aromatic nitrogens is 2. The Hall–Kier alpha value is -2.15. The van der Waals surface area contributed by atoms with E-state index in [4.69, 9.17) is 20.8 Å². The zero-order chi connectivity index (χ0) is 17.1. The minimum atomic E-state index is 0.550. The van der Waals surface area contributed by atoms with Gasteiger partial charge in [-0.05, 0) is 30.3 Å². The molecule has 1 saturated heterocycles. The molecule has 4 rings (SSSR count). The summed E-state index contributed by atoms with van der Waals surface area (Å²) < 4.78 is 10.8. The maximum absolute atomic E-state index is 6.13. The lowest BCUT2D eigenvalue weighted by atomic mass is 10.2. The topological polar surface area (TPSA) is 63.4 Å². The van der Waals surface area contributed by atoms with Crippen molar-refractivity contribution in [3.8, 4) is 11.6 Å². The number of nitrogens with one attached hydrogen (secondary N) is 1. The Morgan fingerprint density at radius 3 is 2.84 bits per heavy atom. The summed E-state index contributed by atoms with van der Waals surface area (Å²) in [5, 5.41) is 5.03. The molecule has 2 aromatic heterocycles. The number of hydrogen-bond donors (Lipinski definition) is 1. The number of nitrogens with zero attached hydrogens (tertiary/aromatic N) is 3. The second kappa shape index (κ2) is 7.39. The highest BCUT2D eigenvalue weighted by Gasteiger charge is 2.13. The number of anilines is 1. The Morgan fingerprint density at radius 2 is 2.04 bits per heavy atom. The number of morpholine rings is 1. The Morgan fingerprint density at radius 1 is 1.16 bits per heavy atom. The molecular formula is C18H19ClN4O2. The van der Waals surface area contributed by atoms with Gasteiger partial charge in [0.1, 0.15) is 5.82 Å². The van der Waals surface area contributed by atoms with Crippen LogP contribution in [0.4, 0.5) is 5.82 Å². The third-order valence-corrected chi connectivity index (χ3v) is 4.46. The first-order chi connectivity index (χ1) is 12.3. The summed E-state index contributed by atoms with van der Waals surface area (Å²) in [6.07, 6.45) is 1.62. The third kappa shape index (κ3) is 3.76. The van der Waals surface area contributed by atoms with Crippen LogP contribution in [0.5, 0.6) is 0 Å². The van der Waals surface area contributed by atoms with E-state index >= 15 is 0 Å². The molecule has 130 valence electrons. The van der Waals surface area contributed by atoms with E-state index in [-0.39, 0.29) is 0 Å². The van der Waals surface area contributed by atoms with E-state index < -0.39 is 0 Å². The van der Waals surface area contributed by atoms with Crippen LogP contribution in [-0.2, 0) is 4.74 Å². The Labute approximate surface area is 150 Å². The summed E-state index contributed by atoms with van der Waals surface area (Å²) in [5.41, 5.74) is 0.794. The van der Waals surface area contributed by atoms with E-state index in [0.717, 1.165) is 56.1 Å². The fourth-order valence-electron chi connectivity index (χ4n) is 2.91. The number of rotatable bonds is 5. The summed E-state index contributed by atoms with van der Waals surface area (Å²) in [6, 6.07) is 9.32. The van der Waals surface area contributed by atoms with Crippen molar-refractivity contribution in [2.24, 2.45) is 0 Å². The van der Waals surface area contributed by atoms with Gasteiger partial charge in [-0.2, -0.15) is 0 Å². The first-order valence-electron chi connectivity index (χ1n) is 8.35. The molecule has 0 spiro atoms. The van der Waals surface area contributed by atoms with Crippen molar-refractivity contribution >= 4 is 28.3 Å². The highest BCUT2D eigenvalue weighted by Crippen LogP contribution is 2.27. The van der Waals surface area contributed by atoms with E-state index in [1.54, 1.807) is 6.26 Å². The molecule has 1 fully saturated rings. The molecule has 0 unspecified atom stereocenters.